The van der Waals surface area contributed by atoms with Crippen LogP contribution in [0.1, 0.15) is 48.8 Å². The van der Waals surface area contributed by atoms with Crippen molar-refractivity contribution >= 4 is 39.5 Å². The number of oxazole rings is 1. The lowest BCUT2D eigenvalue weighted by molar-refractivity contribution is -0.143. The fraction of sp³-hybridized carbons (Fsp3) is 0.341. The van der Waals surface area contributed by atoms with Gasteiger partial charge in [0.2, 0.25) is 5.89 Å². The quantitative estimate of drug-likeness (QED) is 0.143. The van der Waals surface area contributed by atoms with Gasteiger partial charge in [-0.05, 0) is 110 Å². The number of carboxylic acid groups (broad SMARTS) is 1. The van der Waals surface area contributed by atoms with Crippen molar-refractivity contribution in [2.45, 2.75) is 65.1 Å². The summed E-state index contributed by atoms with van der Waals surface area (Å²) in [4.78, 5) is 41.3. The number of aliphatic carboxylic acids is 1. The molecule has 0 spiro atoms. The average Bonchev–Trinajstić information content (AvgIpc) is 3.77. The predicted octanol–water partition coefficient (Wildman–Crippen LogP) is 7.08. The Balaban J connectivity index is 1.04. The van der Waals surface area contributed by atoms with E-state index in [0.29, 0.717) is 48.7 Å². The second kappa shape index (κ2) is 14.0. The highest BCUT2D eigenvalue weighted by Gasteiger charge is 2.27. The molecule has 6 aromatic rings. The Morgan fingerprint density at radius 1 is 0.942 bits per heavy atom. The molecular formula is C41H42N6O5. The number of aliphatic hydroxyl groups is 1. The number of rotatable bonds is 9. The van der Waals surface area contributed by atoms with E-state index in [2.05, 4.69) is 40.3 Å². The second-order valence-corrected chi connectivity index (χ2v) is 14.4. The Bertz CT molecular complexity index is 2360. The summed E-state index contributed by atoms with van der Waals surface area (Å²) in [6.45, 7) is 7.00. The molecule has 0 bridgehead atoms. The van der Waals surface area contributed by atoms with E-state index in [1.807, 2.05) is 43.5 Å². The highest BCUT2D eigenvalue weighted by atomic mass is 16.4. The lowest BCUT2D eigenvalue weighted by Gasteiger charge is -2.26. The zero-order valence-corrected chi connectivity index (χ0v) is 29.4. The number of hydrogen-bond donors (Lipinski definition) is 3. The van der Waals surface area contributed by atoms with Crippen LogP contribution in [0, 0.1) is 25.7 Å². The van der Waals surface area contributed by atoms with Gasteiger partial charge in [-0.25, -0.2) is 9.97 Å². The van der Waals surface area contributed by atoms with Gasteiger partial charge in [-0.15, -0.1) is 0 Å². The molecule has 1 aliphatic heterocycles. The molecule has 1 saturated carbocycles. The summed E-state index contributed by atoms with van der Waals surface area (Å²) in [5, 5.41) is 23.8. The Kier molecular flexibility index (Phi) is 9.06. The monoisotopic (exact) mass is 698 g/mol. The minimum Gasteiger partial charge on any atom is -0.481 e. The molecule has 1 atom stereocenters. The van der Waals surface area contributed by atoms with Crippen LogP contribution in [-0.4, -0.2) is 59.8 Å². The maximum atomic E-state index is 13.5. The number of nitrogens with zero attached hydrogens (tertiary/aromatic N) is 5. The predicted molar refractivity (Wildman–Crippen MR) is 200 cm³/mol. The highest BCUT2D eigenvalue weighted by Crippen LogP contribution is 2.37. The van der Waals surface area contributed by atoms with Crippen LogP contribution in [0.25, 0.3) is 44.6 Å². The molecule has 0 amide bonds. The number of β-amino-alcohol motifs (C(OH)–C–C–N with tert-alkyl or cyclic N) is 1. The Morgan fingerprint density at radius 2 is 1.71 bits per heavy atom. The number of pyridine rings is 3. The first kappa shape index (κ1) is 33.7. The molecule has 2 aromatic carbocycles. The van der Waals surface area contributed by atoms with Crippen molar-refractivity contribution in [1.82, 2.24) is 24.4 Å². The van der Waals surface area contributed by atoms with Gasteiger partial charge in [0.05, 0.1) is 12.0 Å². The van der Waals surface area contributed by atoms with E-state index in [-0.39, 0.29) is 23.5 Å². The number of benzene rings is 2. The molecule has 3 N–H and O–H groups in total. The van der Waals surface area contributed by atoms with E-state index in [0.717, 1.165) is 82.3 Å². The molecule has 52 heavy (non-hydrogen) atoms. The summed E-state index contributed by atoms with van der Waals surface area (Å²) in [5.41, 5.74) is 8.25. The number of likely N-dealkylation sites (tertiary alicyclic amines) is 1. The van der Waals surface area contributed by atoms with Gasteiger partial charge < -0.3 is 24.5 Å². The zero-order chi connectivity index (χ0) is 35.9. The second-order valence-electron chi connectivity index (χ2n) is 14.4. The topological polar surface area (TPSA) is 147 Å². The third kappa shape index (κ3) is 6.57. The van der Waals surface area contributed by atoms with Crippen LogP contribution in [0.15, 0.2) is 82.4 Å². The summed E-state index contributed by atoms with van der Waals surface area (Å²) in [7, 11) is 0. The normalized spacial score (nSPS) is 19.4. The maximum absolute atomic E-state index is 13.5. The van der Waals surface area contributed by atoms with E-state index >= 15 is 0 Å². The van der Waals surface area contributed by atoms with E-state index in [9.17, 15) is 19.8 Å². The van der Waals surface area contributed by atoms with Crippen molar-refractivity contribution in [3.63, 3.8) is 0 Å². The number of aromatic nitrogens is 4. The van der Waals surface area contributed by atoms with Crippen LogP contribution in [0.4, 0.5) is 11.5 Å². The molecule has 1 aliphatic carbocycles. The minimum atomic E-state index is -0.729. The van der Waals surface area contributed by atoms with Crippen molar-refractivity contribution < 1.29 is 19.4 Å². The van der Waals surface area contributed by atoms with E-state index in [4.69, 9.17) is 14.4 Å². The SMILES string of the molecule is Cc1c(Nc2nccc3cc(CN4CC[C@@H](O)C4)cnc23)cccc1-c1cccc(-c2nc3c(=O)n(C[C@H]4CC[C@H](C(=O)O)CC4)ccc3o2)c1C. The van der Waals surface area contributed by atoms with Gasteiger partial charge in [0.25, 0.3) is 5.56 Å². The lowest BCUT2D eigenvalue weighted by atomic mass is 9.82. The summed E-state index contributed by atoms with van der Waals surface area (Å²) in [6, 6.07) is 18.1. The van der Waals surface area contributed by atoms with Crippen LogP contribution in [0.3, 0.4) is 0 Å². The number of carbonyl (C=O) groups is 1. The highest BCUT2D eigenvalue weighted by molar-refractivity contribution is 5.91. The van der Waals surface area contributed by atoms with Crippen molar-refractivity contribution in [3.8, 4) is 22.6 Å². The third-order valence-corrected chi connectivity index (χ3v) is 10.9. The maximum Gasteiger partial charge on any atom is 0.306 e. The van der Waals surface area contributed by atoms with Gasteiger partial charge in [-0.2, -0.15) is 0 Å². The molecule has 11 heteroatoms. The summed E-state index contributed by atoms with van der Waals surface area (Å²) in [6.07, 6.45) is 8.86. The number of nitrogens with one attached hydrogen (secondary N) is 1. The molecule has 266 valence electrons. The first-order valence-corrected chi connectivity index (χ1v) is 18.1. The van der Waals surface area contributed by atoms with Crippen LogP contribution in [0.2, 0.25) is 0 Å². The number of hydrogen-bond acceptors (Lipinski definition) is 9. The van der Waals surface area contributed by atoms with Gasteiger partial charge >= 0.3 is 5.97 Å². The van der Waals surface area contributed by atoms with E-state index in [1.54, 1.807) is 23.0 Å². The van der Waals surface area contributed by atoms with Gasteiger partial charge in [0.1, 0.15) is 5.52 Å². The lowest BCUT2D eigenvalue weighted by Crippen LogP contribution is -2.28. The Hall–Kier alpha value is -5.39. The molecule has 8 rings (SSSR count). The number of carboxylic acids is 1. The molecule has 4 aromatic heterocycles. The van der Waals surface area contributed by atoms with Crippen molar-refractivity contribution in [2.75, 3.05) is 18.4 Å². The third-order valence-electron chi connectivity index (χ3n) is 10.9. The first-order chi connectivity index (χ1) is 25.2. The average molecular weight is 699 g/mol. The van der Waals surface area contributed by atoms with Crippen LogP contribution < -0.4 is 10.9 Å². The fourth-order valence-corrected chi connectivity index (χ4v) is 7.94. The van der Waals surface area contributed by atoms with Crippen molar-refractivity contribution in [3.05, 3.63) is 100 Å². The molecule has 2 fully saturated rings. The number of anilines is 2. The molecule has 11 nitrogen and oxygen atoms in total. The molecular weight excluding hydrogens is 656 g/mol. The molecule has 0 radical (unpaired) electrons. The number of fused-ring (bicyclic) bond motifs is 2. The first-order valence-electron chi connectivity index (χ1n) is 18.1. The molecule has 5 heterocycles. The van der Waals surface area contributed by atoms with Gasteiger partial charge in [-0.1, -0.05) is 24.3 Å². The van der Waals surface area contributed by atoms with Crippen molar-refractivity contribution in [1.29, 1.82) is 0 Å². The Morgan fingerprint density at radius 3 is 2.48 bits per heavy atom. The zero-order valence-electron chi connectivity index (χ0n) is 29.4. The van der Waals surface area contributed by atoms with Crippen LogP contribution in [-0.2, 0) is 17.9 Å². The van der Waals surface area contributed by atoms with Crippen molar-refractivity contribution in [2.24, 2.45) is 11.8 Å². The molecule has 2 aliphatic rings. The van der Waals surface area contributed by atoms with Gasteiger partial charge in [-0.3, -0.25) is 19.5 Å². The largest absolute Gasteiger partial charge is 0.481 e. The van der Waals surface area contributed by atoms with Gasteiger partial charge in [0.15, 0.2) is 16.9 Å². The standard InChI is InChI=1S/C41H42N6O5/c1-24-31(5-3-7-33(24)39-45-37-35(52-39)15-18-47(40(37)49)22-26-9-11-28(12-10-26)41(50)51)32-6-4-8-34(25(32)2)44-38-36-29(13-16-42-38)19-27(20-43-36)21-46-17-14-30(48)23-46/h3-8,13,15-16,18-20,26,28,30,48H,9-12,14,17,21-23H2,1-2H3,(H,42,44)(H,50,51)/t26-,28-,30-/m1/s1. The smallest absolute Gasteiger partial charge is 0.306 e. The molecule has 0 unspecified atom stereocenters. The van der Waals surface area contributed by atoms with Gasteiger partial charge in [0, 0.05) is 61.4 Å². The molecule has 1 saturated heterocycles. The summed E-state index contributed by atoms with van der Waals surface area (Å²) in [5.74, 6) is 0.310. The minimum absolute atomic E-state index is 0.199. The summed E-state index contributed by atoms with van der Waals surface area (Å²) >= 11 is 0. The fourth-order valence-electron chi connectivity index (χ4n) is 7.94. The summed E-state index contributed by atoms with van der Waals surface area (Å²) < 4.78 is 7.87. The number of aliphatic hydroxyl groups excluding tert-OH is 1. The van der Waals surface area contributed by atoms with E-state index < -0.39 is 5.97 Å². The van der Waals surface area contributed by atoms with Crippen LogP contribution >= 0.6 is 0 Å². The van der Waals surface area contributed by atoms with E-state index in [1.165, 1.54) is 0 Å². The Labute approximate surface area is 301 Å². The van der Waals surface area contributed by atoms with Crippen LogP contribution in [0.5, 0.6) is 0 Å².